The number of methoxy groups -OCH3 is 1. The van der Waals surface area contributed by atoms with E-state index < -0.39 is 10.0 Å². The quantitative estimate of drug-likeness (QED) is 0.766. The van der Waals surface area contributed by atoms with Crippen LogP contribution in [0.3, 0.4) is 0 Å². The van der Waals surface area contributed by atoms with E-state index in [1.165, 1.54) is 18.4 Å². The molecule has 1 aromatic carbocycles. The monoisotopic (exact) mass is 344 g/mol. The van der Waals surface area contributed by atoms with Crippen LogP contribution in [0.25, 0.3) is 11.3 Å². The Balaban J connectivity index is 1.94. The van der Waals surface area contributed by atoms with E-state index in [1.807, 2.05) is 25.1 Å². The minimum absolute atomic E-state index is 0.130. The third-order valence-electron chi connectivity index (χ3n) is 3.51. The van der Waals surface area contributed by atoms with E-state index in [0.717, 1.165) is 11.1 Å². The summed E-state index contributed by atoms with van der Waals surface area (Å²) in [6.45, 7) is 1.82. The molecule has 0 aliphatic heterocycles. The summed E-state index contributed by atoms with van der Waals surface area (Å²) in [6.07, 6.45) is 2.93. The first-order valence-electron chi connectivity index (χ1n) is 7.17. The molecule has 0 spiro atoms. The molecule has 0 aliphatic carbocycles. The third-order valence-corrected chi connectivity index (χ3v) is 4.76. The lowest BCUT2D eigenvalue weighted by Crippen LogP contribution is -2.13. The summed E-state index contributed by atoms with van der Waals surface area (Å²) in [5, 5.41) is -0.130. The van der Waals surface area contributed by atoms with Crippen LogP contribution in [0.1, 0.15) is 5.56 Å². The normalized spacial score (nSPS) is 11.2. The number of ether oxygens (including phenoxy) is 1. The van der Waals surface area contributed by atoms with Gasteiger partial charge >= 0.3 is 0 Å². The smallest absolute Gasteiger partial charge is 0.295 e. The molecule has 2 aromatic heterocycles. The van der Waals surface area contributed by atoms with Gasteiger partial charge in [-0.25, -0.2) is 0 Å². The lowest BCUT2D eigenvalue weighted by atomic mass is 10.1. The van der Waals surface area contributed by atoms with Crippen LogP contribution in [0.4, 0.5) is 5.69 Å². The maximum Gasteiger partial charge on any atom is 0.295 e. The molecule has 3 aromatic rings. The van der Waals surface area contributed by atoms with E-state index in [0.29, 0.717) is 17.1 Å². The molecule has 1 N–H and O–H groups in total. The number of sulfonamides is 1. The highest BCUT2D eigenvalue weighted by atomic mass is 32.2. The van der Waals surface area contributed by atoms with E-state index in [2.05, 4.69) is 9.71 Å². The number of anilines is 1. The zero-order chi connectivity index (χ0) is 17.2. The van der Waals surface area contributed by atoms with Crippen molar-refractivity contribution in [3.8, 4) is 17.0 Å². The number of pyridine rings is 1. The number of hydrogen-bond acceptors (Lipinski definition) is 5. The zero-order valence-corrected chi connectivity index (χ0v) is 14.0. The van der Waals surface area contributed by atoms with Crippen LogP contribution in [-0.4, -0.2) is 20.5 Å². The summed E-state index contributed by atoms with van der Waals surface area (Å²) in [7, 11) is -2.19. The molecule has 0 saturated carbocycles. The van der Waals surface area contributed by atoms with Crippen molar-refractivity contribution in [1.29, 1.82) is 0 Å². The Labute approximate surface area is 140 Å². The number of nitrogens with one attached hydrogen (secondary N) is 1. The van der Waals surface area contributed by atoms with Gasteiger partial charge in [0.15, 0.2) is 0 Å². The molecule has 124 valence electrons. The molecule has 0 atom stereocenters. The van der Waals surface area contributed by atoms with Crippen LogP contribution < -0.4 is 9.46 Å². The molecule has 6 nitrogen and oxygen atoms in total. The molecule has 0 bridgehead atoms. The van der Waals surface area contributed by atoms with Crippen LogP contribution in [0.2, 0.25) is 0 Å². The predicted molar refractivity (Wildman–Crippen MR) is 90.5 cm³/mol. The highest BCUT2D eigenvalue weighted by molar-refractivity contribution is 7.92. The van der Waals surface area contributed by atoms with Gasteiger partial charge in [-0.3, -0.25) is 9.71 Å². The Morgan fingerprint density at radius 2 is 2.00 bits per heavy atom. The van der Waals surface area contributed by atoms with Gasteiger partial charge in [-0.2, -0.15) is 8.42 Å². The lowest BCUT2D eigenvalue weighted by molar-refractivity contribution is 0.413. The first-order chi connectivity index (χ1) is 11.5. The summed E-state index contributed by atoms with van der Waals surface area (Å²) >= 11 is 0. The Bertz CT molecular complexity index is 933. The molecule has 0 amide bonds. The molecule has 3 rings (SSSR count). The predicted octanol–water partition coefficient (Wildman–Crippen LogP) is 3.46. The fraction of sp³-hybridized carbons (Fsp3) is 0.118. The van der Waals surface area contributed by atoms with E-state index in [-0.39, 0.29) is 5.09 Å². The van der Waals surface area contributed by atoms with Crippen molar-refractivity contribution in [2.45, 2.75) is 12.0 Å². The molecule has 0 fully saturated rings. The molecule has 0 aliphatic rings. The van der Waals surface area contributed by atoms with Gasteiger partial charge in [-0.05, 0) is 42.8 Å². The average Bonchev–Trinajstić information content (AvgIpc) is 3.12. The molecule has 0 unspecified atom stereocenters. The first kappa shape index (κ1) is 16.1. The van der Waals surface area contributed by atoms with Crippen molar-refractivity contribution >= 4 is 15.7 Å². The summed E-state index contributed by atoms with van der Waals surface area (Å²) in [5.74, 6) is 0.657. The second-order valence-corrected chi connectivity index (χ2v) is 6.76. The largest absolute Gasteiger partial charge is 0.495 e. The Morgan fingerprint density at radius 3 is 2.62 bits per heavy atom. The van der Waals surface area contributed by atoms with Gasteiger partial charge in [0.2, 0.25) is 5.09 Å². The minimum Gasteiger partial charge on any atom is -0.495 e. The van der Waals surface area contributed by atoms with E-state index in [9.17, 15) is 8.42 Å². The van der Waals surface area contributed by atoms with Crippen LogP contribution in [0, 0.1) is 6.92 Å². The van der Waals surface area contributed by atoms with E-state index >= 15 is 0 Å². The molecular weight excluding hydrogens is 328 g/mol. The average molecular weight is 344 g/mol. The highest BCUT2D eigenvalue weighted by Crippen LogP contribution is 2.27. The molecule has 24 heavy (non-hydrogen) atoms. The van der Waals surface area contributed by atoms with Gasteiger partial charge in [0, 0.05) is 5.56 Å². The van der Waals surface area contributed by atoms with Crippen LogP contribution in [-0.2, 0) is 10.0 Å². The van der Waals surface area contributed by atoms with Crippen LogP contribution >= 0.6 is 0 Å². The van der Waals surface area contributed by atoms with Crippen molar-refractivity contribution in [3.63, 3.8) is 0 Å². The van der Waals surface area contributed by atoms with Crippen LogP contribution in [0.15, 0.2) is 64.4 Å². The number of hydrogen-bond donors (Lipinski definition) is 1. The lowest BCUT2D eigenvalue weighted by Gasteiger charge is -2.11. The fourth-order valence-electron chi connectivity index (χ4n) is 2.17. The van der Waals surface area contributed by atoms with Crippen molar-refractivity contribution in [1.82, 2.24) is 4.98 Å². The van der Waals surface area contributed by atoms with E-state index in [1.54, 1.807) is 25.4 Å². The number of aryl methyl sites for hydroxylation is 1. The zero-order valence-electron chi connectivity index (χ0n) is 13.2. The fourth-order valence-corrected chi connectivity index (χ4v) is 3.22. The maximum atomic E-state index is 12.3. The van der Waals surface area contributed by atoms with Crippen molar-refractivity contribution in [2.75, 3.05) is 11.8 Å². The standard InChI is InChI=1S/C17H16N2O4S/c1-12-5-6-13(15-8-7-14(22-2)11-18-15)10-16(12)19-24(20,21)17-4-3-9-23-17/h3-11,19H,1-2H3. The number of benzene rings is 1. The van der Waals surface area contributed by atoms with Gasteiger partial charge in [0.05, 0.1) is 31.0 Å². The number of furan rings is 1. The van der Waals surface area contributed by atoms with Crippen molar-refractivity contribution < 1.29 is 17.6 Å². The Kier molecular flexibility index (Phi) is 4.26. The second-order valence-electron chi connectivity index (χ2n) is 5.15. The molecule has 7 heteroatoms. The van der Waals surface area contributed by atoms with Crippen LogP contribution in [0.5, 0.6) is 5.75 Å². The van der Waals surface area contributed by atoms with Gasteiger partial charge in [0.1, 0.15) is 5.75 Å². The van der Waals surface area contributed by atoms with Gasteiger partial charge in [-0.1, -0.05) is 12.1 Å². The van der Waals surface area contributed by atoms with Gasteiger partial charge in [0.25, 0.3) is 10.0 Å². The summed E-state index contributed by atoms with van der Waals surface area (Å²) in [5.41, 5.74) is 2.78. The Hall–Kier alpha value is -2.80. The van der Waals surface area contributed by atoms with E-state index in [4.69, 9.17) is 9.15 Å². The summed E-state index contributed by atoms with van der Waals surface area (Å²) < 4.78 is 37.2. The summed E-state index contributed by atoms with van der Waals surface area (Å²) in [6, 6.07) is 12.0. The molecule has 0 saturated heterocycles. The highest BCUT2D eigenvalue weighted by Gasteiger charge is 2.18. The van der Waals surface area contributed by atoms with Gasteiger partial charge < -0.3 is 9.15 Å². The summed E-state index contributed by atoms with van der Waals surface area (Å²) in [4.78, 5) is 4.32. The van der Waals surface area contributed by atoms with Gasteiger partial charge in [-0.15, -0.1) is 0 Å². The second kappa shape index (κ2) is 6.37. The third kappa shape index (κ3) is 3.26. The topological polar surface area (TPSA) is 81.4 Å². The maximum absolute atomic E-state index is 12.3. The minimum atomic E-state index is -3.76. The number of nitrogens with zero attached hydrogens (tertiary/aromatic N) is 1. The molecule has 0 radical (unpaired) electrons. The number of aromatic nitrogens is 1. The molecule has 2 heterocycles. The van der Waals surface area contributed by atoms with Crippen molar-refractivity contribution in [2.24, 2.45) is 0 Å². The number of rotatable bonds is 5. The SMILES string of the molecule is COc1ccc(-c2ccc(C)c(NS(=O)(=O)c3ccco3)c2)nc1. The Morgan fingerprint density at radius 1 is 1.17 bits per heavy atom. The van der Waals surface area contributed by atoms with Crippen molar-refractivity contribution in [3.05, 3.63) is 60.5 Å². The first-order valence-corrected chi connectivity index (χ1v) is 8.65. The molecular formula is C17H16N2O4S.